The third-order valence-corrected chi connectivity index (χ3v) is 3.52. The lowest BCUT2D eigenvalue weighted by Gasteiger charge is -2.12. The first-order valence-electron chi connectivity index (χ1n) is 7.57. The van der Waals surface area contributed by atoms with Crippen molar-refractivity contribution < 1.29 is 9.53 Å². The molecule has 1 aliphatic rings. The Morgan fingerprint density at radius 3 is 2.68 bits per heavy atom. The molecule has 0 saturated carbocycles. The number of hydrogen-bond donors (Lipinski definition) is 2. The van der Waals surface area contributed by atoms with Gasteiger partial charge in [-0.1, -0.05) is 0 Å². The summed E-state index contributed by atoms with van der Waals surface area (Å²) in [6.07, 6.45) is 2.98. The first kappa shape index (κ1) is 18.7. The summed E-state index contributed by atoms with van der Waals surface area (Å²) >= 11 is 0. The van der Waals surface area contributed by atoms with Crippen molar-refractivity contribution in [1.82, 2.24) is 10.2 Å². The van der Waals surface area contributed by atoms with Crippen LogP contribution >= 0.6 is 12.4 Å². The Balaban J connectivity index is 0.00000242. The van der Waals surface area contributed by atoms with Gasteiger partial charge in [0.15, 0.2) is 0 Å². The zero-order valence-electron chi connectivity index (χ0n) is 13.3. The summed E-state index contributed by atoms with van der Waals surface area (Å²) in [5.74, 6) is 0.887. The Morgan fingerprint density at radius 2 is 2.09 bits per heavy atom. The highest BCUT2D eigenvalue weighted by atomic mass is 35.5. The summed E-state index contributed by atoms with van der Waals surface area (Å²) < 4.78 is 5.66. The summed E-state index contributed by atoms with van der Waals surface area (Å²) in [5.41, 5.74) is 0.814. The van der Waals surface area contributed by atoms with Crippen molar-refractivity contribution in [2.75, 3.05) is 39.1 Å². The highest BCUT2D eigenvalue weighted by Gasteiger charge is 2.21. The molecule has 1 aliphatic heterocycles. The molecule has 22 heavy (non-hydrogen) atoms. The number of carbonyl (C=O) groups excluding carboxylic acids is 1. The molecule has 0 aliphatic carbocycles. The second-order valence-electron chi connectivity index (χ2n) is 5.67. The minimum absolute atomic E-state index is 0. The molecular formula is C16H26ClN3O2. The molecule has 5 nitrogen and oxygen atoms in total. The summed E-state index contributed by atoms with van der Waals surface area (Å²) in [7, 11) is 4.10. The molecule has 124 valence electrons. The topological polar surface area (TPSA) is 53.6 Å². The molecule has 1 fully saturated rings. The second-order valence-corrected chi connectivity index (χ2v) is 5.67. The highest BCUT2D eigenvalue weighted by Crippen LogP contribution is 2.17. The Hall–Kier alpha value is -1.30. The van der Waals surface area contributed by atoms with Crippen LogP contribution in [0.15, 0.2) is 24.3 Å². The van der Waals surface area contributed by atoms with Gasteiger partial charge in [0.25, 0.3) is 0 Å². The standard InChI is InChI=1S/C16H25N3O2.ClH/c1-19(2)11-4-12-21-14-8-6-13(7-9-14)18-16(20)15-5-3-10-17-15;/h6-9,15,17H,3-5,10-12H2,1-2H3,(H,18,20);1H. The lowest BCUT2D eigenvalue weighted by molar-refractivity contribution is -0.117. The first-order chi connectivity index (χ1) is 10.1. The minimum Gasteiger partial charge on any atom is -0.494 e. The fourth-order valence-corrected chi connectivity index (χ4v) is 2.34. The SMILES string of the molecule is CN(C)CCCOc1ccc(NC(=O)C2CCCN2)cc1.Cl. The monoisotopic (exact) mass is 327 g/mol. The minimum atomic E-state index is -0.0491. The average molecular weight is 328 g/mol. The van der Waals surface area contributed by atoms with E-state index in [-0.39, 0.29) is 24.4 Å². The number of anilines is 1. The van der Waals surface area contributed by atoms with Crippen LogP contribution in [-0.2, 0) is 4.79 Å². The highest BCUT2D eigenvalue weighted by molar-refractivity contribution is 5.95. The molecule has 1 aromatic carbocycles. The van der Waals surface area contributed by atoms with Gasteiger partial charge in [-0.3, -0.25) is 4.79 Å². The van der Waals surface area contributed by atoms with Gasteiger partial charge in [-0.15, -0.1) is 12.4 Å². The lowest BCUT2D eigenvalue weighted by atomic mass is 10.2. The lowest BCUT2D eigenvalue weighted by Crippen LogP contribution is -2.35. The third kappa shape index (κ3) is 6.22. The zero-order chi connectivity index (χ0) is 15.1. The molecule has 2 N–H and O–H groups in total. The van der Waals surface area contributed by atoms with Crippen LogP contribution in [0, 0.1) is 0 Å². The average Bonchev–Trinajstić information content (AvgIpc) is 2.99. The predicted molar refractivity (Wildman–Crippen MR) is 92.0 cm³/mol. The second kappa shape index (κ2) is 9.66. The van der Waals surface area contributed by atoms with E-state index in [4.69, 9.17) is 4.74 Å². The third-order valence-electron chi connectivity index (χ3n) is 3.52. The van der Waals surface area contributed by atoms with E-state index in [9.17, 15) is 4.79 Å². The summed E-state index contributed by atoms with van der Waals surface area (Å²) in [6, 6.07) is 7.51. The van der Waals surface area contributed by atoms with Crippen molar-refractivity contribution in [2.24, 2.45) is 0 Å². The normalized spacial score (nSPS) is 17.1. The van der Waals surface area contributed by atoms with Crippen LogP contribution in [0.3, 0.4) is 0 Å². The Bertz CT molecular complexity index is 445. The van der Waals surface area contributed by atoms with Gasteiger partial charge >= 0.3 is 0 Å². The van der Waals surface area contributed by atoms with E-state index in [0.29, 0.717) is 6.61 Å². The number of benzene rings is 1. The number of rotatable bonds is 7. The molecular weight excluding hydrogens is 302 g/mol. The van der Waals surface area contributed by atoms with Crippen LogP contribution in [0.5, 0.6) is 5.75 Å². The zero-order valence-corrected chi connectivity index (χ0v) is 14.1. The maximum Gasteiger partial charge on any atom is 0.241 e. The molecule has 1 atom stereocenters. The van der Waals surface area contributed by atoms with Crippen molar-refractivity contribution in [2.45, 2.75) is 25.3 Å². The van der Waals surface area contributed by atoms with Crippen LogP contribution in [0.1, 0.15) is 19.3 Å². The van der Waals surface area contributed by atoms with Crippen LogP contribution in [0.2, 0.25) is 0 Å². The maximum absolute atomic E-state index is 12.0. The van der Waals surface area contributed by atoms with Crippen LogP contribution < -0.4 is 15.4 Å². The Kier molecular flexibility index (Phi) is 8.24. The molecule has 0 aromatic heterocycles. The number of nitrogens with one attached hydrogen (secondary N) is 2. The van der Waals surface area contributed by atoms with Gasteiger partial charge in [0.2, 0.25) is 5.91 Å². The Morgan fingerprint density at radius 1 is 1.36 bits per heavy atom. The van der Waals surface area contributed by atoms with Crippen LogP contribution in [0.25, 0.3) is 0 Å². The molecule has 2 rings (SSSR count). The number of halogens is 1. The van der Waals surface area contributed by atoms with Crippen molar-refractivity contribution in [1.29, 1.82) is 0 Å². The molecule has 0 spiro atoms. The van der Waals surface area contributed by atoms with Gasteiger partial charge in [-0.05, 0) is 64.2 Å². The fourth-order valence-electron chi connectivity index (χ4n) is 2.34. The van der Waals surface area contributed by atoms with E-state index in [2.05, 4.69) is 29.6 Å². The maximum atomic E-state index is 12.0. The van der Waals surface area contributed by atoms with Gasteiger partial charge in [0.05, 0.1) is 12.6 Å². The molecule has 1 amide bonds. The molecule has 0 bridgehead atoms. The van der Waals surface area contributed by atoms with Gasteiger partial charge in [0, 0.05) is 12.2 Å². The van der Waals surface area contributed by atoms with Crippen LogP contribution in [-0.4, -0.2) is 50.6 Å². The van der Waals surface area contributed by atoms with Gasteiger partial charge in [-0.2, -0.15) is 0 Å². The van der Waals surface area contributed by atoms with Crippen molar-refractivity contribution in [3.63, 3.8) is 0 Å². The van der Waals surface area contributed by atoms with E-state index in [0.717, 1.165) is 43.8 Å². The van der Waals surface area contributed by atoms with E-state index in [1.165, 1.54) is 0 Å². The smallest absolute Gasteiger partial charge is 0.241 e. The van der Waals surface area contributed by atoms with Gasteiger partial charge < -0.3 is 20.3 Å². The predicted octanol–water partition coefficient (Wildman–Crippen LogP) is 2.13. The molecule has 1 aromatic rings. The Labute approximate surface area is 138 Å². The summed E-state index contributed by atoms with van der Waals surface area (Å²) in [6.45, 7) is 2.65. The number of hydrogen-bond acceptors (Lipinski definition) is 4. The van der Waals surface area contributed by atoms with E-state index in [1.54, 1.807) is 0 Å². The number of ether oxygens (including phenoxy) is 1. The van der Waals surface area contributed by atoms with Gasteiger partial charge in [-0.25, -0.2) is 0 Å². The number of carbonyl (C=O) groups is 1. The molecule has 6 heteroatoms. The van der Waals surface area contributed by atoms with E-state index >= 15 is 0 Å². The first-order valence-corrected chi connectivity index (χ1v) is 7.57. The summed E-state index contributed by atoms with van der Waals surface area (Å²) in [5, 5.41) is 6.12. The van der Waals surface area contributed by atoms with Crippen molar-refractivity contribution >= 4 is 24.0 Å². The largest absolute Gasteiger partial charge is 0.494 e. The molecule has 1 unspecified atom stereocenters. The number of nitrogens with zero attached hydrogens (tertiary/aromatic N) is 1. The van der Waals surface area contributed by atoms with Gasteiger partial charge in [0.1, 0.15) is 5.75 Å². The van der Waals surface area contributed by atoms with E-state index in [1.807, 2.05) is 24.3 Å². The molecule has 0 radical (unpaired) electrons. The number of amides is 1. The quantitative estimate of drug-likeness (QED) is 0.753. The summed E-state index contributed by atoms with van der Waals surface area (Å²) in [4.78, 5) is 14.1. The van der Waals surface area contributed by atoms with E-state index < -0.39 is 0 Å². The molecule has 1 saturated heterocycles. The van der Waals surface area contributed by atoms with Crippen molar-refractivity contribution in [3.8, 4) is 5.75 Å². The van der Waals surface area contributed by atoms with Crippen molar-refractivity contribution in [3.05, 3.63) is 24.3 Å². The fraction of sp³-hybridized carbons (Fsp3) is 0.562. The molecule has 1 heterocycles. The van der Waals surface area contributed by atoms with Crippen LogP contribution in [0.4, 0.5) is 5.69 Å².